The first-order chi connectivity index (χ1) is 28.5. The summed E-state index contributed by atoms with van der Waals surface area (Å²) in [5.41, 5.74) is 10.3. The fourth-order valence-electron chi connectivity index (χ4n) is 9.86. The Hall–Kier alpha value is -7.37. The van der Waals surface area contributed by atoms with Gasteiger partial charge in [-0.1, -0.05) is 141 Å². The molecular formula is C53H37N5. The summed E-state index contributed by atoms with van der Waals surface area (Å²) in [6.07, 6.45) is 8.28. The maximum Gasteiger partial charge on any atom is 0.182 e. The van der Waals surface area contributed by atoms with E-state index < -0.39 is 0 Å². The maximum absolute atomic E-state index is 5.55. The predicted molar refractivity (Wildman–Crippen MR) is 239 cm³/mol. The number of allylic oxidation sites excluding steroid dienone is 2. The van der Waals surface area contributed by atoms with E-state index in [1.165, 1.54) is 49.2 Å². The summed E-state index contributed by atoms with van der Waals surface area (Å²) in [6, 6.07) is 55.0. The number of nitrogens with zero attached hydrogens (tertiary/aromatic N) is 5. The van der Waals surface area contributed by atoms with Gasteiger partial charge in [0.15, 0.2) is 11.6 Å². The van der Waals surface area contributed by atoms with Gasteiger partial charge in [-0.05, 0) is 108 Å². The van der Waals surface area contributed by atoms with Crippen molar-refractivity contribution in [1.29, 1.82) is 0 Å². The molecule has 0 spiro atoms. The van der Waals surface area contributed by atoms with Crippen LogP contribution in [0.3, 0.4) is 0 Å². The fourth-order valence-corrected chi connectivity index (χ4v) is 9.86. The third-order valence-corrected chi connectivity index (χ3v) is 12.5. The first-order valence-corrected chi connectivity index (χ1v) is 20.0. The molecular weight excluding hydrogens is 707 g/mol. The minimum atomic E-state index is -0.151. The zero-order chi connectivity index (χ0) is 38.5. The number of rotatable bonds is 4. The first kappa shape index (κ1) is 32.8. The Kier molecular flexibility index (Phi) is 6.97. The van der Waals surface area contributed by atoms with Crippen molar-refractivity contribution >= 4 is 60.2 Å². The highest BCUT2D eigenvalue weighted by Gasteiger charge is 2.40. The Bertz CT molecular complexity index is 3300. The van der Waals surface area contributed by atoms with E-state index in [1.807, 2.05) is 0 Å². The monoisotopic (exact) mass is 743 g/mol. The third-order valence-electron chi connectivity index (χ3n) is 12.5. The fraction of sp³-hybridized carbons (Fsp3) is 0.0755. The van der Waals surface area contributed by atoms with Gasteiger partial charge in [0.25, 0.3) is 0 Å². The van der Waals surface area contributed by atoms with Crippen LogP contribution >= 0.6 is 0 Å². The molecule has 0 unspecified atom stereocenters. The molecule has 0 fully saturated rings. The average Bonchev–Trinajstić information content (AvgIpc) is 3.73. The second-order valence-electron chi connectivity index (χ2n) is 16.0. The van der Waals surface area contributed by atoms with Crippen molar-refractivity contribution in [3.8, 4) is 22.5 Å². The summed E-state index contributed by atoms with van der Waals surface area (Å²) in [6.45, 7) is 5.39. The van der Waals surface area contributed by atoms with E-state index in [9.17, 15) is 0 Å². The maximum atomic E-state index is 5.55. The van der Waals surface area contributed by atoms with Crippen LogP contribution in [0.15, 0.2) is 182 Å². The summed E-state index contributed by atoms with van der Waals surface area (Å²) in [5.74, 6) is 2.33. The topological polar surface area (TPSA) is 45.2 Å². The molecule has 2 aliphatic heterocycles. The smallest absolute Gasteiger partial charge is 0.182 e. The van der Waals surface area contributed by atoms with Crippen molar-refractivity contribution in [3.05, 3.63) is 205 Å². The van der Waals surface area contributed by atoms with Crippen LogP contribution in [0.4, 0.5) is 5.69 Å². The van der Waals surface area contributed by atoms with Crippen molar-refractivity contribution < 1.29 is 0 Å². The zero-order valence-corrected chi connectivity index (χ0v) is 32.2. The van der Waals surface area contributed by atoms with Gasteiger partial charge in [-0.3, -0.25) is 4.90 Å². The molecule has 12 rings (SSSR count). The van der Waals surface area contributed by atoms with Gasteiger partial charge in [0.1, 0.15) is 17.8 Å². The lowest BCUT2D eigenvalue weighted by Gasteiger charge is -2.28. The Labute approximate surface area is 336 Å². The van der Waals surface area contributed by atoms with Crippen molar-refractivity contribution in [1.82, 2.24) is 19.9 Å². The van der Waals surface area contributed by atoms with Gasteiger partial charge in [-0.25, -0.2) is 15.0 Å². The lowest BCUT2D eigenvalue weighted by atomic mass is 9.81. The van der Waals surface area contributed by atoms with Crippen LogP contribution in [0.25, 0.3) is 77.0 Å². The van der Waals surface area contributed by atoms with Crippen molar-refractivity contribution in [2.24, 2.45) is 0 Å². The van der Waals surface area contributed by atoms with Crippen molar-refractivity contribution in [2.45, 2.75) is 19.3 Å². The molecule has 1 aromatic heterocycles. The highest BCUT2D eigenvalue weighted by atomic mass is 15.4. The Morgan fingerprint density at radius 3 is 2.03 bits per heavy atom. The minimum Gasteiger partial charge on any atom is -0.321 e. The number of aromatic nitrogens is 3. The molecule has 274 valence electrons. The molecule has 3 aliphatic rings. The van der Waals surface area contributed by atoms with Gasteiger partial charge < -0.3 is 4.90 Å². The zero-order valence-electron chi connectivity index (χ0n) is 32.2. The van der Waals surface area contributed by atoms with E-state index in [4.69, 9.17) is 15.0 Å². The summed E-state index contributed by atoms with van der Waals surface area (Å²) < 4.78 is 0. The van der Waals surface area contributed by atoms with Crippen molar-refractivity contribution in [3.63, 3.8) is 0 Å². The molecule has 0 saturated heterocycles. The molecule has 0 saturated carbocycles. The predicted octanol–water partition coefficient (Wildman–Crippen LogP) is 12.5. The molecule has 0 N–H and O–H groups in total. The Morgan fingerprint density at radius 2 is 1.19 bits per heavy atom. The standard InChI is InChI=1S/C53H37N5/c1-53(2)45-25-13-12-24-41(45)43-30-35-28-33-16-7-9-21-38(33)48(42(35)31-46(43)53)51-54-32-55-52(56-51)50-49(57-27-15-14-26-47(57)58(50)36-18-4-3-5-19-36)44-29-34-17-6-8-20-37(34)39-22-10-11-23-40(39)44/h3-26,28-32H,27H2,1-2H3. The van der Waals surface area contributed by atoms with Crippen LogP contribution in [0.2, 0.25) is 0 Å². The Balaban J connectivity index is 1.16. The molecule has 5 heteroatoms. The van der Waals surface area contributed by atoms with E-state index in [-0.39, 0.29) is 5.41 Å². The number of para-hydroxylation sites is 1. The molecule has 9 aromatic rings. The minimum absolute atomic E-state index is 0.151. The van der Waals surface area contributed by atoms with Crippen LogP contribution in [0.1, 0.15) is 36.4 Å². The molecule has 3 heterocycles. The highest BCUT2D eigenvalue weighted by molar-refractivity contribution is 6.16. The van der Waals surface area contributed by atoms with Crippen LogP contribution in [0, 0.1) is 0 Å². The van der Waals surface area contributed by atoms with E-state index in [2.05, 4.69) is 194 Å². The van der Waals surface area contributed by atoms with Gasteiger partial charge >= 0.3 is 0 Å². The SMILES string of the molecule is CC1(C)c2ccccc2-c2cc3cc4ccccc4c(-c4ncnc(C5=C(c6cc7ccccc7c7ccccc67)N6CC=CC=C6N5c5ccccc5)n4)c3cc21. The van der Waals surface area contributed by atoms with E-state index in [0.29, 0.717) is 18.2 Å². The number of fused-ring (bicyclic) bond motifs is 9. The van der Waals surface area contributed by atoms with Crippen LogP contribution in [0.5, 0.6) is 0 Å². The van der Waals surface area contributed by atoms with Gasteiger partial charge in [-0.2, -0.15) is 0 Å². The molecule has 0 atom stereocenters. The lowest BCUT2D eigenvalue weighted by Crippen LogP contribution is -2.27. The second kappa shape index (κ2) is 12.3. The van der Waals surface area contributed by atoms with Crippen LogP contribution in [-0.4, -0.2) is 26.4 Å². The van der Waals surface area contributed by atoms with Crippen LogP contribution < -0.4 is 4.90 Å². The number of hydrogen-bond acceptors (Lipinski definition) is 5. The van der Waals surface area contributed by atoms with Crippen molar-refractivity contribution in [2.75, 3.05) is 11.4 Å². The van der Waals surface area contributed by atoms with E-state index >= 15 is 0 Å². The molecule has 0 amide bonds. The summed E-state index contributed by atoms with van der Waals surface area (Å²) >= 11 is 0. The molecule has 58 heavy (non-hydrogen) atoms. The second-order valence-corrected chi connectivity index (χ2v) is 16.0. The number of hydrogen-bond donors (Lipinski definition) is 0. The normalized spacial score (nSPS) is 15.4. The molecule has 8 aromatic carbocycles. The quantitative estimate of drug-likeness (QED) is 0.133. The van der Waals surface area contributed by atoms with E-state index in [0.717, 1.165) is 50.2 Å². The number of anilines is 1. The molecule has 0 bridgehead atoms. The Morgan fingerprint density at radius 1 is 0.517 bits per heavy atom. The van der Waals surface area contributed by atoms with Crippen LogP contribution in [-0.2, 0) is 5.41 Å². The van der Waals surface area contributed by atoms with Gasteiger partial charge in [0.05, 0.1) is 5.70 Å². The molecule has 1 aliphatic carbocycles. The largest absolute Gasteiger partial charge is 0.321 e. The van der Waals surface area contributed by atoms with E-state index in [1.54, 1.807) is 6.33 Å². The summed E-state index contributed by atoms with van der Waals surface area (Å²) in [7, 11) is 0. The summed E-state index contributed by atoms with van der Waals surface area (Å²) in [4.78, 5) is 20.4. The lowest BCUT2D eigenvalue weighted by molar-refractivity contribution is 0.547. The first-order valence-electron chi connectivity index (χ1n) is 20.0. The van der Waals surface area contributed by atoms with Gasteiger partial charge in [0.2, 0.25) is 0 Å². The number of benzene rings is 8. The summed E-state index contributed by atoms with van der Waals surface area (Å²) in [5, 5.41) is 9.41. The highest BCUT2D eigenvalue weighted by Crippen LogP contribution is 2.52. The third kappa shape index (κ3) is 4.67. The van der Waals surface area contributed by atoms with Gasteiger partial charge in [-0.15, -0.1) is 0 Å². The van der Waals surface area contributed by atoms with Gasteiger partial charge in [0, 0.05) is 28.8 Å². The molecule has 0 radical (unpaired) electrons. The average molecular weight is 744 g/mol. The molecule has 5 nitrogen and oxygen atoms in total.